The molecule has 3 aromatic rings. The molecule has 0 nitrogen and oxygen atoms in total. The molecule has 150 valence electrons. The minimum absolute atomic E-state index is 0.178. The monoisotopic (exact) mass is 414 g/mol. The van der Waals surface area contributed by atoms with Crippen molar-refractivity contribution in [1.29, 1.82) is 0 Å². The van der Waals surface area contributed by atoms with Crippen LogP contribution in [0.2, 0.25) is 5.02 Å². The van der Waals surface area contributed by atoms with Crippen molar-refractivity contribution in [3.8, 4) is 0 Å². The van der Waals surface area contributed by atoms with Gasteiger partial charge in [0.2, 0.25) is 0 Å². The number of halogens is 2. The summed E-state index contributed by atoms with van der Waals surface area (Å²) in [6.07, 6.45) is 8.20. The van der Waals surface area contributed by atoms with Crippen LogP contribution in [0.25, 0.3) is 17.7 Å². The summed E-state index contributed by atoms with van der Waals surface area (Å²) < 4.78 is 13.5. The van der Waals surface area contributed by atoms with Gasteiger partial charge in [-0.1, -0.05) is 59.7 Å². The Labute approximate surface area is 181 Å². The molecule has 1 unspecified atom stereocenters. The van der Waals surface area contributed by atoms with E-state index in [1.807, 2.05) is 18.2 Å². The highest BCUT2D eigenvalue weighted by molar-refractivity contribution is 6.30. The van der Waals surface area contributed by atoms with Gasteiger partial charge in [0.1, 0.15) is 5.82 Å². The second-order valence-corrected chi connectivity index (χ2v) is 8.82. The molecule has 0 aromatic heterocycles. The van der Waals surface area contributed by atoms with Crippen LogP contribution >= 0.6 is 11.6 Å². The molecule has 0 N–H and O–H groups in total. The highest BCUT2D eigenvalue weighted by Gasteiger charge is 2.22. The van der Waals surface area contributed by atoms with Crippen molar-refractivity contribution >= 4 is 29.3 Å². The first-order valence-electron chi connectivity index (χ1n) is 10.6. The fourth-order valence-corrected chi connectivity index (χ4v) is 5.14. The van der Waals surface area contributed by atoms with Crippen molar-refractivity contribution in [2.75, 3.05) is 0 Å². The molecule has 30 heavy (non-hydrogen) atoms. The van der Waals surface area contributed by atoms with Crippen molar-refractivity contribution in [2.24, 2.45) is 0 Å². The zero-order valence-corrected chi connectivity index (χ0v) is 18.1. The van der Waals surface area contributed by atoms with Crippen molar-refractivity contribution in [3.05, 3.63) is 109 Å². The lowest BCUT2D eigenvalue weighted by atomic mass is 9.78. The first-order valence-corrected chi connectivity index (χ1v) is 11.0. The van der Waals surface area contributed by atoms with Gasteiger partial charge in [-0.2, -0.15) is 0 Å². The van der Waals surface area contributed by atoms with E-state index in [0.29, 0.717) is 0 Å². The van der Waals surface area contributed by atoms with Gasteiger partial charge in [0.15, 0.2) is 0 Å². The normalized spacial score (nSPS) is 17.7. The fraction of sp³-hybridized carbons (Fsp3) is 0.214. The zero-order chi connectivity index (χ0) is 20.8. The molecule has 0 bridgehead atoms. The number of hydrogen-bond acceptors (Lipinski definition) is 0. The van der Waals surface area contributed by atoms with Gasteiger partial charge in [0.05, 0.1) is 0 Å². The summed E-state index contributed by atoms with van der Waals surface area (Å²) in [5.74, 6) is -0.0237. The molecule has 0 radical (unpaired) electrons. The van der Waals surface area contributed by atoms with Crippen LogP contribution in [0.1, 0.15) is 49.3 Å². The summed E-state index contributed by atoms with van der Waals surface area (Å²) in [5, 5.41) is 5.89. The number of benzene rings is 3. The van der Waals surface area contributed by atoms with E-state index in [9.17, 15) is 4.39 Å². The summed E-state index contributed by atoms with van der Waals surface area (Å²) in [6.45, 7) is 4.36. The van der Waals surface area contributed by atoms with Crippen LogP contribution in [-0.4, -0.2) is 0 Å². The minimum Gasteiger partial charge on any atom is -0.207 e. The number of hydrogen-bond donors (Lipinski definition) is 0. The van der Waals surface area contributed by atoms with E-state index in [-0.39, 0.29) is 11.7 Å². The van der Waals surface area contributed by atoms with Crippen molar-refractivity contribution < 1.29 is 4.39 Å². The van der Waals surface area contributed by atoms with Gasteiger partial charge in [-0.3, -0.25) is 0 Å². The third kappa shape index (κ3) is 3.22. The van der Waals surface area contributed by atoms with E-state index >= 15 is 0 Å². The van der Waals surface area contributed by atoms with Crippen LogP contribution < -0.4 is 10.4 Å². The Morgan fingerprint density at radius 3 is 2.50 bits per heavy atom. The van der Waals surface area contributed by atoms with Crippen LogP contribution in [0.5, 0.6) is 0 Å². The van der Waals surface area contributed by atoms with E-state index in [4.69, 9.17) is 11.6 Å². The third-order valence-corrected chi connectivity index (χ3v) is 6.92. The van der Waals surface area contributed by atoms with E-state index < -0.39 is 0 Å². The standard InChI is InChI=1S/C28H24ClF/c1-17(19-7-11-23(30)12-8-19)18(2)27-16-21-15-22(29)10-14-24(21)26-13-9-20-5-3-4-6-25(20)28(26)27/h5,7-16,27H,3-4,6H2,1-2H3/b18-17+. The van der Waals surface area contributed by atoms with Crippen molar-refractivity contribution in [3.63, 3.8) is 0 Å². The SMILES string of the molecule is C/C(=C(/C)C1C=c2cc(Cl)ccc2=c2ccc3c(c21)CCCC=3)c1ccc(F)cc1. The molecule has 0 spiro atoms. The number of fused-ring (bicyclic) bond motifs is 4. The minimum atomic E-state index is -0.202. The second kappa shape index (κ2) is 7.56. The summed E-state index contributed by atoms with van der Waals surface area (Å²) in [6, 6.07) is 17.6. The van der Waals surface area contributed by atoms with Gasteiger partial charge in [-0.25, -0.2) is 4.39 Å². The Morgan fingerprint density at radius 2 is 1.70 bits per heavy atom. The van der Waals surface area contributed by atoms with Crippen LogP contribution in [0, 0.1) is 16.3 Å². The molecule has 0 saturated heterocycles. The molecule has 0 amide bonds. The van der Waals surface area contributed by atoms with Crippen LogP contribution in [0.15, 0.2) is 60.2 Å². The topological polar surface area (TPSA) is 0 Å². The van der Waals surface area contributed by atoms with Crippen LogP contribution in [-0.2, 0) is 6.42 Å². The Hall–Kier alpha value is -2.64. The smallest absolute Gasteiger partial charge is 0.123 e. The average Bonchev–Trinajstić information content (AvgIpc) is 2.77. The molecule has 0 fully saturated rings. The first kappa shape index (κ1) is 19.3. The second-order valence-electron chi connectivity index (χ2n) is 8.38. The lowest BCUT2D eigenvalue weighted by molar-refractivity contribution is 0.627. The molecule has 2 aliphatic rings. The maximum atomic E-state index is 13.5. The number of allylic oxidation sites excluding steroid dienone is 2. The maximum Gasteiger partial charge on any atom is 0.123 e. The van der Waals surface area contributed by atoms with E-state index in [1.165, 1.54) is 61.7 Å². The van der Waals surface area contributed by atoms with Crippen LogP contribution in [0.4, 0.5) is 4.39 Å². The van der Waals surface area contributed by atoms with E-state index in [1.54, 1.807) is 0 Å². The van der Waals surface area contributed by atoms with Crippen molar-refractivity contribution in [1.82, 2.24) is 0 Å². The highest BCUT2D eigenvalue weighted by Crippen LogP contribution is 2.36. The Kier molecular flexibility index (Phi) is 4.87. The molecule has 1 atom stereocenters. The largest absolute Gasteiger partial charge is 0.207 e. The van der Waals surface area contributed by atoms with Gasteiger partial charge in [-0.15, -0.1) is 0 Å². The molecule has 0 saturated carbocycles. The van der Waals surface area contributed by atoms with Gasteiger partial charge >= 0.3 is 0 Å². The predicted octanol–water partition coefficient (Wildman–Crippen LogP) is 6.25. The summed E-state index contributed by atoms with van der Waals surface area (Å²) in [5.41, 5.74) is 6.47. The average molecular weight is 415 g/mol. The molecule has 0 heterocycles. The molecule has 2 heteroatoms. The van der Waals surface area contributed by atoms with Crippen molar-refractivity contribution in [2.45, 2.75) is 39.0 Å². The van der Waals surface area contributed by atoms with Gasteiger partial charge < -0.3 is 0 Å². The Bertz CT molecular complexity index is 1390. The molecule has 0 aliphatic heterocycles. The van der Waals surface area contributed by atoms with Gasteiger partial charge in [-0.05, 0) is 101 Å². The zero-order valence-electron chi connectivity index (χ0n) is 17.3. The third-order valence-electron chi connectivity index (χ3n) is 6.68. The van der Waals surface area contributed by atoms with E-state index in [0.717, 1.165) is 23.4 Å². The molecule has 2 aliphatic carbocycles. The molecular weight excluding hydrogens is 391 g/mol. The Balaban J connectivity index is 1.83. The maximum absolute atomic E-state index is 13.5. The van der Waals surface area contributed by atoms with Gasteiger partial charge in [0.25, 0.3) is 0 Å². The lowest BCUT2D eigenvalue weighted by Crippen LogP contribution is -2.23. The highest BCUT2D eigenvalue weighted by atomic mass is 35.5. The molecule has 3 aromatic carbocycles. The predicted molar refractivity (Wildman–Crippen MR) is 124 cm³/mol. The quantitative estimate of drug-likeness (QED) is 0.464. The molecule has 5 rings (SSSR count). The lowest BCUT2D eigenvalue weighted by Gasteiger charge is -2.26. The van der Waals surface area contributed by atoms with E-state index in [2.05, 4.69) is 50.3 Å². The first-order chi connectivity index (χ1) is 14.5. The number of rotatable bonds is 2. The molecular formula is C28H24ClF. The van der Waals surface area contributed by atoms with Gasteiger partial charge in [0, 0.05) is 10.9 Å². The summed E-state index contributed by atoms with van der Waals surface area (Å²) in [4.78, 5) is 0. The summed E-state index contributed by atoms with van der Waals surface area (Å²) in [7, 11) is 0. The Morgan fingerprint density at radius 1 is 0.933 bits per heavy atom. The van der Waals surface area contributed by atoms with Crippen LogP contribution in [0.3, 0.4) is 0 Å². The summed E-state index contributed by atoms with van der Waals surface area (Å²) >= 11 is 6.35. The fourth-order valence-electron chi connectivity index (χ4n) is 4.96.